The molecule has 0 aromatic heterocycles. The van der Waals surface area contributed by atoms with Crippen LogP contribution in [-0.2, 0) is 9.59 Å². The third kappa shape index (κ3) is 11.9. The lowest BCUT2D eigenvalue weighted by atomic mass is 10.2. The van der Waals surface area contributed by atoms with Gasteiger partial charge in [0.05, 0.1) is 11.5 Å². The number of anilines is 6. The van der Waals surface area contributed by atoms with Crippen LogP contribution < -0.4 is 21.3 Å². The second-order valence-corrected chi connectivity index (χ2v) is 12.0. The molecular weight excluding hydrogens is 561 g/mol. The molecular formula is C34H38N4O2S2. The first-order chi connectivity index (χ1) is 20.6. The maximum Gasteiger partial charge on any atom is 0.234 e. The number of para-hydroxylation sites is 2. The Morgan fingerprint density at radius 2 is 0.762 bits per heavy atom. The van der Waals surface area contributed by atoms with Crippen molar-refractivity contribution >= 4 is 69.5 Å². The summed E-state index contributed by atoms with van der Waals surface area (Å²) in [5.74, 6) is 2.92. The van der Waals surface area contributed by atoms with Crippen LogP contribution in [0, 0.1) is 0 Å². The first-order valence-electron chi connectivity index (χ1n) is 14.2. The highest BCUT2D eigenvalue weighted by Crippen LogP contribution is 2.20. The van der Waals surface area contributed by atoms with Crippen LogP contribution in [0.4, 0.5) is 34.1 Å². The Morgan fingerprint density at radius 1 is 0.429 bits per heavy atom. The van der Waals surface area contributed by atoms with Gasteiger partial charge in [0, 0.05) is 34.1 Å². The Morgan fingerprint density at radius 3 is 1.14 bits per heavy atom. The Kier molecular flexibility index (Phi) is 13.2. The smallest absolute Gasteiger partial charge is 0.234 e. The Hall–Kier alpha value is -3.88. The Labute approximate surface area is 257 Å². The summed E-state index contributed by atoms with van der Waals surface area (Å²) in [5.41, 5.74) is 5.63. The molecule has 0 unspecified atom stereocenters. The van der Waals surface area contributed by atoms with Crippen LogP contribution in [0.15, 0.2) is 109 Å². The van der Waals surface area contributed by atoms with E-state index in [-0.39, 0.29) is 11.8 Å². The SMILES string of the molecule is O=C(CSCCCCCCSCC(=O)Nc1ccc(Nc2ccccc2)cc1)Nc1ccc(Nc2ccccc2)cc1. The molecule has 0 radical (unpaired) electrons. The van der Waals surface area contributed by atoms with Crippen molar-refractivity contribution in [3.63, 3.8) is 0 Å². The quantitative estimate of drug-likeness (QED) is 0.0910. The number of unbranched alkanes of at least 4 members (excludes halogenated alkanes) is 3. The van der Waals surface area contributed by atoms with Crippen molar-refractivity contribution < 1.29 is 9.59 Å². The maximum absolute atomic E-state index is 12.3. The van der Waals surface area contributed by atoms with Gasteiger partial charge in [-0.05, 0) is 97.1 Å². The van der Waals surface area contributed by atoms with Crippen LogP contribution in [0.25, 0.3) is 0 Å². The molecule has 4 aromatic carbocycles. The number of benzene rings is 4. The molecule has 8 heteroatoms. The van der Waals surface area contributed by atoms with Gasteiger partial charge < -0.3 is 21.3 Å². The monoisotopic (exact) mass is 598 g/mol. The average Bonchev–Trinajstić information content (AvgIpc) is 3.01. The number of carbonyl (C=O) groups is 2. The van der Waals surface area contributed by atoms with Crippen LogP contribution in [0.3, 0.4) is 0 Å². The van der Waals surface area contributed by atoms with E-state index in [9.17, 15) is 9.59 Å². The van der Waals surface area contributed by atoms with Crippen molar-refractivity contribution in [3.8, 4) is 0 Å². The molecule has 42 heavy (non-hydrogen) atoms. The van der Waals surface area contributed by atoms with Crippen LogP contribution in [0.2, 0.25) is 0 Å². The van der Waals surface area contributed by atoms with Crippen molar-refractivity contribution in [3.05, 3.63) is 109 Å². The van der Waals surface area contributed by atoms with Gasteiger partial charge in [0.25, 0.3) is 0 Å². The summed E-state index contributed by atoms with van der Waals surface area (Å²) in [4.78, 5) is 24.5. The molecule has 4 rings (SSSR count). The van der Waals surface area contributed by atoms with Gasteiger partial charge in [-0.3, -0.25) is 9.59 Å². The van der Waals surface area contributed by atoms with Gasteiger partial charge in [0.2, 0.25) is 11.8 Å². The second-order valence-electron chi connectivity index (χ2n) is 9.75. The number of thioether (sulfide) groups is 2. The number of hydrogen-bond acceptors (Lipinski definition) is 6. The predicted molar refractivity (Wildman–Crippen MR) is 183 cm³/mol. The van der Waals surface area contributed by atoms with E-state index in [1.165, 1.54) is 0 Å². The molecule has 4 N–H and O–H groups in total. The summed E-state index contributed by atoms with van der Waals surface area (Å²) in [7, 11) is 0. The first-order valence-corrected chi connectivity index (χ1v) is 16.5. The molecule has 0 atom stereocenters. The molecule has 218 valence electrons. The first kappa shape index (κ1) is 31.1. The Balaban J connectivity index is 0.972. The van der Waals surface area contributed by atoms with E-state index in [0.717, 1.165) is 71.3 Å². The van der Waals surface area contributed by atoms with Gasteiger partial charge in [-0.25, -0.2) is 0 Å². The normalized spacial score (nSPS) is 10.6. The highest BCUT2D eigenvalue weighted by Gasteiger charge is 2.05. The molecule has 0 heterocycles. The van der Waals surface area contributed by atoms with E-state index in [1.807, 2.05) is 109 Å². The van der Waals surface area contributed by atoms with Crippen LogP contribution in [0.5, 0.6) is 0 Å². The zero-order chi connectivity index (χ0) is 29.2. The molecule has 4 aromatic rings. The van der Waals surface area contributed by atoms with Gasteiger partial charge in [0.15, 0.2) is 0 Å². The lowest BCUT2D eigenvalue weighted by molar-refractivity contribution is -0.114. The lowest BCUT2D eigenvalue weighted by Crippen LogP contribution is -2.14. The number of carbonyl (C=O) groups excluding carboxylic acids is 2. The zero-order valence-corrected chi connectivity index (χ0v) is 25.3. The third-order valence-corrected chi connectivity index (χ3v) is 8.34. The van der Waals surface area contributed by atoms with Crippen molar-refractivity contribution in [2.24, 2.45) is 0 Å². The van der Waals surface area contributed by atoms with E-state index in [1.54, 1.807) is 23.5 Å². The summed E-state index contributed by atoms with van der Waals surface area (Å²) in [6, 6.07) is 35.5. The van der Waals surface area contributed by atoms with E-state index >= 15 is 0 Å². The molecule has 0 saturated heterocycles. The summed E-state index contributed by atoms with van der Waals surface area (Å²) >= 11 is 3.35. The molecule has 0 aliphatic carbocycles. The predicted octanol–water partition coefficient (Wildman–Crippen LogP) is 8.78. The number of rotatable bonds is 17. The van der Waals surface area contributed by atoms with Gasteiger partial charge in [-0.15, -0.1) is 0 Å². The lowest BCUT2D eigenvalue weighted by Gasteiger charge is -2.09. The van der Waals surface area contributed by atoms with Gasteiger partial charge in [-0.1, -0.05) is 49.2 Å². The molecule has 0 fully saturated rings. The number of nitrogens with one attached hydrogen (secondary N) is 4. The fraction of sp³-hybridized carbons (Fsp3) is 0.235. The highest BCUT2D eigenvalue weighted by atomic mass is 32.2. The molecule has 0 aliphatic heterocycles. The fourth-order valence-corrected chi connectivity index (χ4v) is 5.76. The topological polar surface area (TPSA) is 82.3 Å². The maximum atomic E-state index is 12.3. The van der Waals surface area contributed by atoms with Crippen molar-refractivity contribution in [2.45, 2.75) is 25.7 Å². The van der Waals surface area contributed by atoms with Gasteiger partial charge >= 0.3 is 0 Å². The Bertz CT molecular complexity index is 1250. The highest BCUT2D eigenvalue weighted by molar-refractivity contribution is 8.00. The van der Waals surface area contributed by atoms with Crippen molar-refractivity contribution in [1.82, 2.24) is 0 Å². The molecule has 0 spiro atoms. The van der Waals surface area contributed by atoms with E-state index in [2.05, 4.69) is 21.3 Å². The average molecular weight is 599 g/mol. The summed E-state index contributed by atoms with van der Waals surface area (Å²) < 4.78 is 0. The summed E-state index contributed by atoms with van der Waals surface area (Å²) in [6.07, 6.45) is 4.47. The molecule has 6 nitrogen and oxygen atoms in total. The summed E-state index contributed by atoms with van der Waals surface area (Å²) in [6.45, 7) is 0. The third-order valence-electron chi connectivity index (χ3n) is 6.26. The standard InChI is InChI=1S/C34H38N4O2S2/c39-33(37-31-19-15-29(16-20-31)35-27-11-5-3-6-12-27)25-41-23-9-1-2-10-24-42-26-34(40)38-32-21-17-30(18-22-32)36-28-13-7-4-8-14-28/h3-8,11-22,35-36H,1-2,9-10,23-26H2,(H,37,39)(H,38,40). The summed E-state index contributed by atoms with van der Waals surface area (Å²) in [5, 5.41) is 12.6. The van der Waals surface area contributed by atoms with E-state index in [0.29, 0.717) is 11.5 Å². The fourth-order valence-electron chi connectivity index (χ4n) is 4.14. The second kappa shape index (κ2) is 17.8. The van der Waals surface area contributed by atoms with Crippen LogP contribution in [-0.4, -0.2) is 34.8 Å². The van der Waals surface area contributed by atoms with Crippen molar-refractivity contribution in [2.75, 3.05) is 44.3 Å². The van der Waals surface area contributed by atoms with Gasteiger partial charge in [0.1, 0.15) is 0 Å². The van der Waals surface area contributed by atoms with Crippen LogP contribution in [0.1, 0.15) is 25.7 Å². The van der Waals surface area contributed by atoms with E-state index in [4.69, 9.17) is 0 Å². The van der Waals surface area contributed by atoms with E-state index < -0.39 is 0 Å². The minimum atomic E-state index is 0.0261. The van der Waals surface area contributed by atoms with Gasteiger partial charge in [-0.2, -0.15) is 23.5 Å². The van der Waals surface area contributed by atoms with Crippen LogP contribution >= 0.6 is 23.5 Å². The van der Waals surface area contributed by atoms with Crippen molar-refractivity contribution in [1.29, 1.82) is 0 Å². The number of amides is 2. The number of hydrogen-bond donors (Lipinski definition) is 4. The largest absolute Gasteiger partial charge is 0.356 e. The molecule has 0 saturated carbocycles. The minimum absolute atomic E-state index is 0.0261. The molecule has 0 bridgehead atoms. The molecule has 0 aliphatic rings. The molecule has 2 amide bonds. The minimum Gasteiger partial charge on any atom is -0.356 e. The zero-order valence-electron chi connectivity index (χ0n) is 23.7.